The number of nitrogens with one attached hydrogen (secondary N) is 1. The summed E-state index contributed by atoms with van der Waals surface area (Å²) in [5, 5.41) is 13.5. The third-order valence-electron chi connectivity index (χ3n) is 2.48. The first kappa shape index (κ1) is 12.8. The van der Waals surface area contributed by atoms with Crippen molar-refractivity contribution in [2.75, 3.05) is 12.4 Å². The average molecular weight is 262 g/mol. The molecule has 0 aliphatic heterocycles. The molecule has 0 saturated heterocycles. The summed E-state index contributed by atoms with van der Waals surface area (Å²) in [5.41, 5.74) is 0.318. The molecule has 1 N–H and O–H groups in total. The molecule has 6 heteroatoms. The van der Waals surface area contributed by atoms with Crippen molar-refractivity contribution in [3.8, 4) is 11.5 Å². The van der Waals surface area contributed by atoms with E-state index in [1.54, 1.807) is 7.05 Å². The van der Waals surface area contributed by atoms with Gasteiger partial charge < -0.3 is 10.1 Å². The van der Waals surface area contributed by atoms with Gasteiger partial charge in [-0.1, -0.05) is 0 Å². The molecule has 98 valence electrons. The molecule has 0 aliphatic carbocycles. The molecule has 5 nitrogen and oxygen atoms in total. The monoisotopic (exact) mass is 262 g/mol. The third kappa shape index (κ3) is 2.98. The van der Waals surface area contributed by atoms with Crippen LogP contribution in [0, 0.1) is 15.9 Å². The third-order valence-corrected chi connectivity index (χ3v) is 2.48. The molecule has 0 aliphatic rings. The van der Waals surface area contributed by atoms with Crippen molar-refractivity contribution in [2.24, 2.45) is 0 Å². The predicted molar refractivity (Wildman–Crippen MR) is 69.1 cm³/mol. The fourth-order valence-corrected chi connectivity index (χ4v) is 1.58. The van der Waals surface area contributed by atoms with Gasteiger partial charge in [-0.15, -0.1) is 0 Å². The Labute approximate surface area is 108 Å². The molecule has 0 unspecified atom stereocenters. The van der Waals surface area contributed by atoms with Crippen LogP contribution in [-0.4, -0.2) is 12.0 Å². The zero-order valence-electron chi connectivity index (χ0n) is 10.1. The average Bonchev–Trinajstić information content (AvgIpc) is 2.41. The molecular formula is C13H11FN2O3. The number of anilines is 1. The van der Waals surface area contributed by atoms with Gasteiger partial charge in [-0.3, -0.25) is 10.1 Å². The molecule has 0 spiro atoms. The molecule has 0 saturated carbocycles. The topological polar surface area (TPSA) is 64.4 Å². The number of benzene rings is 2. The Morgan fingerprint density at radius 2 is 1.79 bits per heavy atom. The van der Waals surface area contributed by atoms with Gasteiger partial charge in [0, 0.05) is 19.2 Å². The highest BCUT2D eigenvalue weighted by Crippen LogP contribution is 2.31. The Bertz CT molecular complexity index is 599. The van der Waals surface area contributed by atoms with E-state index in [1.165, 1.54) is 42.5 Å². The second-order valence-corrected chi connectivity index (χ2v) is 3.74. The zero-order valence-corrected chi connectivity index (χ0v) is 10.1. The summed E-state index contributed by atoms with van der Waals surface area (Å²) in [6.07, 6.45) is 0. The molecule has 0 heterocycles. The van der Waals surface area contributed by atoms with Crippen LogP contribution in [0.2, 0.25) is 0 Å². The lowest BCUT2D eigenvalue weighted by Gasteiger charge is -2.08. The van der Waals surface area contributed by atoms with Crippen LogP contribution in [0.5, 0.6) is 11.5 Å². The van der Waals surface area contributed by atoms with E-state index in [0.29, 0.717) is 17.2 Å². The summed E-state index contributed by atoms with van der Waals surface area (Å²) in [7, 11) is 1.59. The van der Waals surface area contributed by atoms with Crippen molar-refractivity contribution in [2.45, 2.75) is 0 Å². The minimum atomic E-state index is -0.479. The highest BCUT2D eigenvalue weighted by atomic mass is 19.1. The Morgan fingerprint density at radius 3 is 2.37 bits per heavy atom. The number of hydrogen-bond donors (Lipinski definition) is 1. The number of nitrogens with zero attached hydrogens (tertiary/aromatic N) is 1. The van der Waals surface area contributed by atoms with Gasteiger partial charge in [0.15, 0.2) is 0 Å². The van der Waals surface area contributed by atoms with E-state index < -0.39 is 4.92 Å². The van der Waals surface area contributed by atoms with Crippen LogP contribution in [-0.2, 0) is 0 Å². The first-order valence-electron chi connectivity index (χ1n) is 5.50. The molecule has 0 fully saturated rings. The van der Waals surface area contributed by atoms with Crippen LogP contribution < -0.4 is 10.1 Å². The zero-order chi connectivity index (χ0) is 13.8. The molecule has 0 amide bonds. The Balaban J connectivity index is 2.26. The SMILES string of the molecule is CNc1cc(Oc2ccc(F)cc2)ccc1[N+](=O)[O-]. The van der Waals surface area contributed by atoms with Crippen LogP contribution in [0.15, 0.2) is 42.5 Å². The van der Waals surface area contributed by atoms with Gasteiger partial charge in [0.25, 0.3) is 5.69 Å². The van der Waals surface area contributed by atoms with E-state index in [1.807, 2.05) is 0 Å². The molecule has 0 aromatic heterocycles. The van der Waals surface area contributed by atoms with E-state index in [0.717, 1.165) is 0 Å². The summed E-state index contributed by atoms with van der Waals surface area (Å²) in [6, 6.07) is 9.87. The standard InChI is InChI=1S/C13H11FN2O3/c1-15-12-8-11(6-7-13(12)16(17)18)19-10-4-2-9(14)3-5-10/h2-8,15H,1H3. The van der Waals surface area contributed by atoms with Crippen LogP contribution in [0.25, 0.3) is 0 Å². The number of nitro benzene ring substituents is 1. The van der Waals surface area contributed by atoms with Gasteiger partial charge in [-0.05, 0) is 30.3 Å². The van der Waals surface area contributed by atoms with Crippen molar-refractivity contribution < 1.29 is 14.1 Å². The summed E-state index contributed by atoms with van der Waals surface area (Å²) < 4.78 is 18.2. The van der Waals surface area contributed by atoms with Crippen LogP contribution >= 0.6 is 0 Å². The van der Waals surface area contributed by atoms with Crippen molar-refractivity contribution in [3.05, 3.63) is 58.4 Å². The van der Waals surface area contributed by atoms with Gasteiger partial charge in [-0.25, -0.2) is 4.39 Å². The molecule has 0 atom stereocenters. The van der Waals surface area contributed by atoms with Crippen molar-refractivity contribution in [1.82, 2.24) is 0 Å². The molecule has 2 rings (SSSR count). The molecule has 2 aromatic rings. The van der Waals surface area contributed by atoms with E-state index in [4.69, 9.17) is 4.74 Å². The fourth-order valence-electron chi connectivity index (χ4n) is 1.58. The highest BCUT2D eigenvalue weighted by molar-refractivity contribution is 5.64. The van der Waals surface area contributed by atoms with Gasteiger partial charge in [0.2, 0.25) is 0 Å². The van der Waals surface area contributed by atoms with Crippen molar-refractivity contribution in [3.63, 3.8) is 0 Å². The molecule has 19 heavy (non-hydrogen) atoms. The van der Waals surface area contributed by atoms with Gasteiger partial charge in [0.05, 0.1) is 4.92 Å². The summed E-state index contributed by atoms with van der Waals surface area (Å²) in [6.45, 7) is 0. The number of nitro groups is 1. The maximum atomic E-state index is 12.7. The Kier molecular flexibility index (Phi) is 3.61. The van der Waals surface area contributed by atoms with E-state index in [2.05, 4.69) is 5.32 Å². The van der Waals surface area contributed by atoms with Gasteiger partial charge >= 0.3 is 0 Å². The molecule has 0 radical (unpaired) electrons. The van der Waals surface area contributed by atoms with E-state index >= 15 is 0 Å². The first-order valence-corrected chi connectivity index (χ1v) is 5.50. The normalized spacial score (nSPS) is 10.0. The lowest BCUT2D eigenvalue weighted by molar-refractivity contribution is -0.384. The highest BCUT2D eigenvalue weighted by Gasteiger charge is 2.13. The smallest absolute Gasteiger partial charge is 0.292 e. The Hall–Kier alpha value is -2.63. The van der Waals surface area contributed by atoms with Gasteiger partial charge in [-0.2, -0.15) is 0 Å². The minimum Gasteiger partial charge on any atom is -0.457 e. The molecular weight excluding hydrogens is 251 g/mol. The quantitative estimate of drug-likeness (QED) is 0.675. The van der Waals surface area contributed by atoms with Crippen molar-refractivity contribution in [1.29, 1.82) is 0 Å². The first-order chi connectivity index (χ1) is 9.10. The largest absolute Gasteiger partial charge is 0.457 e. The lowest BCUT2D eigenvalue weighted by atomic mass is 10.2. The summed E-state index contributed by atoms with van der Waals surface area (Å²) in [5.74, 6) is 0.533. The predicted octanol–water partition coefficient (Wildman–Crippen LogP) is 3.57. The van der Waals surface area contributed by atoms with Gasteiger partial charge in [0.1, 0.15) is 23.0 Å². The van der Waals surface area contributed by atoms with E-state index in [9.17, 15) is 14.5 Å². The van der Waals surface area contributed by atoms with Crippen LogP contribution in [0.3, 0.4) is 0 Å². The van der Waals surface area contributed by atoms with Crippen molar-refractivity contribution >= 4 is 11.4 Å². The summed E-state index contributed by atoms with van der Waals surface area (Å²) >= 11 is 0. The van der Waals surface area contributed by atoms with Crippen LogP contribution in [0.4, 0.5) is 15.8 Å². The summed E-state index contributed by atoms with van der Waals surface area (Å²) in [4.78, 5) is 10.3. The lowest BCUT2D eigenvalue weighted by Crippen LogP contribution is -1.97. The fraction of sp³-hybridized carbons (Fsp3) is 0.0769. The van der Waals surface area contributed by atoms with E-state index in [-0.39, 0.29) is 11.5 Å². The number of ether oxygens (including phenoxy) is 1. The second-order valence-electron chi connectivity index (χ2n) is 3.74. The Morgan fingerprint density at radius 1 is 1.16 bits per heavy atom. The maximum absolute atomic E-state index is 12.7. The molecule has 2 aromatic carbocycles. The molecule has 0 bridgehead atoms. The number of hydrogen-bond acceptors (Lipinski definition) is 4. The number of halogens is 1. The second kappa shape index (κ2) is 5.34. The van der Waals surface area contributed by atoms with Crippen LogP contribution in [0.1, 0.15) is 0 Å². The number of rotatable bonds is 4. The minimum absolute atomic E-state index is 0.0334. The maximum Gasteiger partial charge on any atom is 0.292 e.